The van der Waals surface area contributed by atoms with Gasteiger partial charge in [-0.15, -0.1) is 0 Å². The van der Waals surface area contributed by atoms with E-state index in [0.717, 1.165) is 25.7 Å². The number of ether oxygens (including phenoxy) is 3. The highest BCUT2D eigenvalue weighted by Gasteiger charge is 2.21. The predicted octanol–water partition coefficient (Wildman–Crippen LogP) is 11.9. The normalized spacial score (nSPS) is 12.2. The maximum absolute atomic E-state index is 12.8. The quantitative estimate of drug-likeness (QED) is 0.0550. The van der Waals surface area contributed by atoms with Gasteiger partial charge in [0.25, 0.3) is 0 Å². The van der Waals surface area contributed by atoms with E-state index in [4.69, 9.17) is 14.2 Å². The van der Waals surface area contributed by atoms with Crippen molar-refractivity contribution in [3.63, 3.8) is 0 Å². The topological polar surface area (TPSA) is 44.8 Å². The molecule has 0 aliphatic carbocycles. The number of hydrogen-bond acceptors (Lipinski definition) is 4. The monoisotopic (exact) mass is 583 g/mol. The van der Waals surface area contributed by atoms with Crippen molar-refractivity contribution in [2.75, 3.05) is 26.4 Å². The van der Waals surface area contributed by atoms with Gasteiger partial charge in [-0.05, 0) is 19.3 Å². The van der Waals surface area contributed by atoms with Crippen LogP contribution in [0.4, 0.5) is 0 Å². The molecule has 0 aliphatic rings. The van der Waals surface area contributed by atoms with Gasteiger partial charge in [-0.2, -0.15) is 0 Å². The first-order valence-corrected chi connectivity index (χ1v) is 18.6. The van der Waals surface area contributed by atoms with Crippen LogP contribution in [-0.4, -0.2) is 38.5 Å². The SMILES string of the molecule is CCCCCCCCCCCCOCC(OCCCCCCCCCCCC)C(=O)OCCCCCCCCCC. The molecule has 1 unspecified atom stereocenters. The lowest BCUT2D eigenvalue weighted by Crippen LogP contribution is -2.32. The van der Waals surface area contributed by atoms with E-state index in [2.05, 4.69) is 20.8 Å². The molecule has 0 rings (SSSR count). The van der Waals surface area contributed by atoms with E-state index in [0.29, 0.717) is 26.4 Å². The summed E-state index contributed by atoms with van der Waals surface area (Å²) in [6.07, 6.45) is 35.5. The second-order valence-electron chi connectivity index (χ2n) is 12.4. The minimum Gasteiger partial charge on any atom is -0.464 e. The van der Waals surface area contributed by atoms with Gasteiger partial charge in [-0.25, -0.2) is 4.79 Å². The van der Waals surface area contributed by atoms with Crippen molar-refractivity contribution in [3.8, 4) is 0 Å². The third kappa shape index (κ3) is 32.1. The fraction of sp³-hybridized carbons (Fsp3) is 0.973. The van der Waals surface area contributed by atoms with Gasteiger partial charge in [0.2, 0.25) is 0 Å². The maximum atomic E-state index is 12.8. The molecule has 0 amide bonds. The van der Waals surface area contributed by atoms with Crippen LogP contribution >= 0.6 is 0 Å². The molecular formula is C37H74O4. The second-order valence-corrected chi connectivity index (χ2v) is 12.4. The average molecular weight is 583 g/mol. The van der Waals surface area contributed by atoms with E-state index < -0.39 is 6.10 Å². The zero-order valence-electron chi connectivity index (χ0n) is 28.3. The first-order valence-electron chi connectivity index (χ1n) is 18.6. The van der Waals surface area contributed by atoms with Crippen LogP contribution in [0.25, 0.3) is 0 Å². The molecule has 4 heteroatoms. The summed E-state index contributed by atoms with van der Waals surface area (Å²) in [5, 5.41) is 0. The van der Waals surface area contributed by atoms with Crippen LogP contribution in [0.15, 0.2) is 0 Å². The summed E-state index contributed by atoms with van der Waals surface area (Å²) in [7, 11) is 0. The Balaban J connectivity index is 4.05. The van der Waals surface area contributed by atoms with E-state index >= 15 is 0 Å². The Morgan fingerprint density at radius 1 is 0.415 bits per heavy atom. The van der Waals surface area contributed by atoms with E-state index in [1.807, 2.05) is 0 Å². The molecule has 0 aromatic heterocycles. The van der Waals surface area contributed by atoms with Crippen LogP contribution in [0.5, 0.6) is 0 Å². The highest BCUT2D eigenvalue weighted by molar-refractivity contribution is 5.74. The molecule has 0 aliphatic heterocycles. The maximum Gasteiger partial charge on any atom is 0.337 e. The van der Waals surface area contributed by atoms with Crippen LogP contribution in [-0.2, 0) is 19.0 Å². The molecule has 0 bridgehead atoms. The molecule has 0 spiro atoms. The largest absolute Gasteiger partial charge is 0.464 e. The van der Waals surface area contributed by atoms with Gasteiger partial charge < -0.3 is 14.2 Å². The lowest BCUT2D eigenvalue weighted by atomic mass is 10.1. The molecule has 1 atom stereocenters. The fourth-order valence-corrected chi connectivity index (χ4v) is 5.38. The Morgan fingerprint density at radius 3 is 1.12 bits per heavy atom. The van der Waals surface area contributed by atoms with Crippen LogP contribution in [0.1, 0.15) is 201 Å². The summed E-state index contributed by atoms with van der Waals surface area (Å²) in [4.78, 5) is 12.8. The average Bonchev–Trinajstić information content (AvgIpc) is 2.98. The van der Waals surface area contributed by atoms with E-state index in [1.54, 1.807) is 0 Å². The number of unbranched alkanes of at least 4 members (excludes halogenated alkanes) is 25. The summed E-state index contributed by atoms with van der Waals surface area (Å²) in [6, 6.07) is 0. The highest BCUT2D eigenvalue weighted by Crippen LogP contribution is 2.13. The molecule has 0 N–H and O–H groups in total. The molecule has 0 saturated heterocycles. The number of carbonyl (C=O) groups excluding carboxylic acids is 1. The van der Waals surface area contributed by atoms with Crippen molar-refractivity contribution in [2.24, 2.45) is 0 Å². The summed E-state index contributed by atoms with van der Waals surface area (Å²) < 4.78 is 17.5. The van der Waals surface area contributed by atoms with Crippen molar-refractivity contribution in [3.05, 3.63) is 0 Å². The molecule has 0 aromatic carbocycles. The zero-order chi connectivity index (χ0) is 29.9. The van der Waals surface area contributed by atoms with Crippen LogP contribution in [0.2, 0.25) is 0 Å². The lowest BCUT2D eigenvalue weighted by Gasteiger charge is -2.17. The van der Waals surface area contributed by atoms with E-state index in [-0.39, 0.29) is 5.97 Å². The van der Waals surface area contributed by atoms with Crippen molar-refractivity contribution in [1.82, 2.24) is 0 Å². The first-order chi connectivity index (χ1) is 20.3. The Morgan fingerprint density at radius 2 is 0.732 bits per heavy atom. The van der Waals surface area contributed by atoms with Crippen molar-refractivity contribution >= 4 is 5.97 Å². The molecular weight excluding hydrogens is 508 g/mol. The van der Waals surface area contributed by atoms with Crippen molar-refractivity contribution in [2.45, 2.75) is 207 Å². The van der Waals surface area contributed by atoms with Crippen LogP contribution < -0.4 is 0 Å². The molecule has 0 aromatic rings. The third-order valence-corrected chi connectivity index (χ3v) is 8.23. The molecule has 4 nitrogen and oxygen atoms in total. The molecule has 0 fully saturated rings. The standard InChI is InChI=1S/C37H74O4/c1-4-7-10-13-16-19-21-23-26-29-32-39-35-36(37(38)41-34-31-28-24-18-15-12-9-6-3)40-33-30-27-25-22-20-17-14-11-8-5-2/h36H,4-35H2,1-3H3. The van der Waals surface area contributed by atoms with Gasteiger partial charge in [0.05, 0.1) is 13.2 Å². The van der Waals surface area contributed by atoms with E-state index in [1.165, 1.54) is 154 Å². The minimum atomic E-state index is -0.578. The Hall–Kier alpha value is -0.610. The molecule has 246 valence electrons. The van der Waals surface area contributed by atoms with Crippen LogP contribution in [0, 0.1) is 0 Å². The smallest absolute Gasteiger partial charge is 0.337 e. The number of carbonyl (C=O) groups is 1. The number of hydrogen-bond donors (Lipinski definition) is 0. The van der Waals surface area contributed by atoms with E-state index in [9.17, 15) is 4.79 Å². The van der Waals surface area contributed by atoms with Gasteiger partial charge in [-0.1, -0.05) is 181 Å². The summed E-state index contributed by atoms with van der Waals surface area (Å²) in [6.45, 7) is 8.96. The highest BCUT2D eigenvalue weighted by atomic mass is 16.6. The van der Waals surface area contributed by atoms with Gasteiger partial charge in [-0.3, -0.25) is 0 Å². The van der Waals surface area contributed by atoms with Crippen molar-refractivity contribution in [1.29, 1.82) is 0 Å². The van der Waals surface area contributed by atoms with Gasteiger partial charge in [0.1, 0.15) is 0 Å². The van der Waals surface area contributed by atoms with Gasteiger partial charge in [0.15, 0.2) is 6.10 Å². The third-order valence-electron chi connectivity index (χ3n) is 8.23. The molecule has 41 heavy (non-hydrogen) atoms. The molecule has 0 radical (unpaired) electrons. The molecule has 0 heterocycles. The summed E-state index contributed by atoms with van der Waals surface area (Å²) in [5.74, 6) is -0.233. The number of rotatable bonds is 35. The second kappa shape index (κ2) is 35.6. The minimum absolute atomic E-state index is 0.233. The first kappa shape index (κ1) is 40.4. The Bertz CT molecular complexity index is 495. The number of esters is 1. The Labute approximate surface area is 257 Å². The zero-order valence-corrected chi connectivity index (χ0v) is 28.3. The Kier molecular flexibility index (Phi) is 35.1. The lowest BCUT2D eigenvalue weighted by molar-refractivity contribution is -0.161. The summed E-state index contributed by atoms with van der Waals surface area (Å²) in [5.41, 5.74) is 0. The van der Waals surface area contributed by atoms with Crippen molar-refractivity contribution < 1.29 is 19.0 Å². The fourth-order valence-electron chi connectivity index (χ4n) is 5.38. The molecule has 0 saturated carbocycles. The van der Waals surface area contributed by atoms with Gasteiger partial charge in [0, 0.05) is 13.2 Å². The summed E-state index contributed by atoms with van der Waals surface area (Å²) >= 11 is 0. The predicted molar refractivity (Wildman–Crippen MR) is 178 cm³/mol. The van der Waals surface area contributed by atoms with Gasteiger partial charge >= 0.3 is 5.97 Å². The van der Waals surface area contributed by atoms with Crippen LogP contribution in [0.3, 0.4) is 0 Å².